The van der Waals surface area contributed by atoms with Gasteiger partial charge in [-0.2, -0.15) is 0 Å². The molecule has 0 heterocycles. The minimum atomic E-state index is -0.435. The van der Waals surface area contributed by atoms with Gasteiger partial charge >= 0.3 is 0 Å². The summed E-state index contributed by atoms with van der Waals surface area (Å²) in [5.74, 6) is 1.37. The van der Waals surface area contributed by atoms with Crippen molar-refractivity contribution in [1.29, 1.82) is 0 Å². The molecule has 0 N–H and O–H groups in total. The summed E-state index contributed by atoms with van der Waals surface area (Å²) in [5, 5.41) is 0.199. The Labute approximate surface area is 162 Å². The van der Waals surface area contributed by atoms with Crippen LogP contribution in [0.2, 0.25) is 5.02 Å². The Balaban J connectivity index is 1.66. The van der Waals surface area contributed by atoms with Gasteiger partial charge in [0.15, 0.2) is 11.6 Å². The molecule has 26 heavy (non-hydrogen) atoms. The molecule has 2 aliphatic rings. The van der Waals surface area contributed by atoms with E-state index in [0.29, 0.717) is 6.61 Å². The topological polar surface area (TPSA) is 9.23 Å². The summed E-state index contributed by atoms with van der Waals surface area (Å²) in [6.45, 7) is 4.54. The fraction of sp³-hybridized carbons (Fsp3) is 0.565. The average molecular weight is 377 g/mol. The van der Waals surface area contributed by atoms with E-state index in [2.05, 4.69) is 19.1 Å². The monoisotopic (exact) mass is 376 g/mol. The van der Waals surface area contributed by atoms with Gasteiger partial charge in [-0.3, -0.25) is 0 Å². The van der Waals surface area contributed by atoms with Crippen molar-refractivity contribution in [3.63, 3.8) is 0 Å². The number of halogens is 2. The highest BCUT2D eigenvalue weighted by Crippen LogP contribution is 2.42. The molecule has 142 valence electrons. The fourth-order valence-electron chi connectivity index (χ4n) is 4.46. The first-order chi connectivity index (χ1) is 12.6. The number of ether oxygens (including phenoxy) is 1. The fourth-order valence-corrected chi connectivity index (χ4v) is 4.74. The first kappa shape index (κ1) is 19.5. The molecule has 2 unspecified atom stereocenters. The molecule has 3 heteroatoms. The van der Waals surface area contributed by atoms with E-state index in [9.17, 15) is 4.39 Å². The molecule has 0 radical (unpaired) electrons. The predicted octanol–water partition coefficient (Wildman–Crippen LogP) is 7.59. The number of rotatable bonds is 6. The van der Waals surface area contributed by atoms with E-state index in [1.54, 1.807) is 11.6 Å². The molecule has 2 aliphatic carbocycles. The Hall–Kier alpha value is -1.28. The zero-order valence-corrected chi connectivity index (χ0v) is 16.7. The molecule has 0 saturated heterocycles. The molecule has 1 aromatic rings. The quantitative estimate of drug-likeness (QED) is 0.464. The van der Waals surface area contributed by atoms with Crippen LogP contribution in [0.25, 0.3) is 5.57 Å². The molecule has 0 aliphatic heterocycles. The summed E-state index contributed by atoms with van der Waals surface area (Å²) in [7, 11) is 0. The van der Waals surface area contributed by atoms with Crippen LogP contribution in [-0.4, -0.2) is 6.61 Å². The Kier molecular flexibility index (Phi) is 6.80. The van der Waals surface area contributed by atoms with E-state index in [-0.39, 0.29) is 10.8 Å². The van der Waals surface area contributed by atoms with E-state index in [4.69, 9.17) is 16.3 Å². The summed E-state index contributed by atoms with van der Waals surface area (Å²) in [6, 6.07) is 3.61. The van der Waals surface area contributed by atoms with E-state index >= 15 is 0 Å². The number of allylic oxidation sites excluding steroid dienone is 4. The molecule has 2 atom stereocenters. The number of hydrogen-bond acceptors (Lipinski definition) is 1. The molecule has 0 amide bonds. The van der Waals surface area contributed by atoms with Crippen molar-refractivity contribution in [3.05, 3.63) is 46.3 Å². The van der Waals surface area contributed by atoms with E-state index < -0.39 is 5.82 Å². The second-order valence-corrected chi connectivity index (χ2v) is 7.96. The van der Waals surface area contributed by atoms with Crippen LogP contribution in [0.3, 0.4) is 0 Å². The third-order valence-corrected chi connectivity index (χ3v) is 6.30. The van der Waals surface area contributed by atoms with Gasteiger partial charge in [-0.25, -0.2) is 4.39 Å². The molecular weight excluding hydrogens is 347 g/mol. The lowest BCUT2D eigenvalue weighted by Crippen LogP contribution is -2.19. The van der Waals surface area contributed by atoms with Gasteiger partial charge in [0.1, 0.15) is 0 Å². The molecule has 0 aromatic heterocycles. The molecule has 1 nitrogen and oxygen atoms in total. The second kappa shape index (κ2) is 9.08. The average Bonchev–Trinajstić information content (AvgIpc) is 2.67. The third kappa shape index (κ3) is 4.34. The van der Waals surface area contributed by atoms with Crippen LogP contribution >= 0.6 is 11.6 Å². The molecule has 0 fully saturated rings. The van der Waals surface area contributed by atoms with Crippen LogP contribution in [0.4, 0.5) is 4.39 Å². The largest absolute Gasteiger partial charge is 0.491 e. The Bertz CT molecular complexity index is 692. The highest BCUT2D eigenvalue weighted by Gasteiger charge is 2.26. The Morgan fingerprint density at radius 3 is 2.38 bits per heavy atom. The first-order valence-electron chi connectivity index (χ1n) is 10.1. The van der Waals surface area contributed by atoms with Crippen molar-refractivity contribution in [2.24, 2.45) is 11.8 Å². The molecule has 0 saturated carbocycles. The molecule has 0 bridgehead atoms. The summed E-state index contributed by atoms with van der Waals surface area (Å²) in [5.41, 5.74) is 3.68. The SMILES string of the molecule is CCCC1=CCC(C2CC=C(c3ccc(OCC)c(F)c3Cl)CC2)CC1. The van der Waals surface area contributed by atoms with Crippen LogP contribution < -0.4 is 4.74 Å². The lowest BCUT2D eigenvalue weighted by molar-refractivity contribution is 0.285. The maximum Gasteiger partial charge on any atom is 0.184 e. The van der Waals surface area contributed by atoms with Crippen LogP contribution in [0.1, 0.15) is 70.8 Å². The Morgan fingerprint density at radius 2 is 1.81 bits per heavy atom. The van der Waals surface area contributed by atoms with Gasteiger partial charge in [0, 0.05) is 0 Å². The maximum atomic E-state index is 14.4. The number of hydrogen-bond donors (Lipinski definition) is 0. The van der Waals surface area contributed by atoms with Gasteiger partial charge in [0.2, 0.25) is 0 Å². The van der Waals surface area contributed by atoms with Crippen LogP contribution in [0.15, 0.2) is 29.9 Å². The zero-order chi connectivity index (χ0) is 18.5. The molecule has 1 aromatic carbocycles. The van der Waals surface area contributed by atoms with Gasteiger partial charge in [-0.1, -0.05) is 42.7 Å². The van der Waals surface area contributed by atoms with Gasteiger partial charge in [-0.05, 0) is 87.0 Å². The van der Waals surface area contributed by atoms with Gasteiger partial charge < -0.3 is 4.74 Å². The van der Waals surface area contributed by atoms with Crippen molar-refractivity contribution >= 4 is 17.2 Å². The maximum absolute atomic E-state index is 14.4. The minimum Gasteiger partial charge on any atom is -0.491 e. The lowest BCUT2D eigenvalue weighted by Gasteiger charge is -2.32. The third-order valence-electron chi connectivity index (χ3n) is 5.93. The van der Waals surface area contributed by atoms with Crippen molar-refractivity contribution in [1.82, 2.24) is 0 Å². The first-order valence-corrected chi connectivity index (χ1v) is 10.5. The molecule has 0 spiro atoms. The molecule has 3 rings (SSSR count). The standard InChI is InChI=1S/C23H30ClFO/c1-3-5-16-6-8-17(9-7-16)18-10-12-19(13-11-18)20-14-15-21(26-4-2)23(25)22(20)24/h6,12,14-15,17-18H,3-5,7-11,13H2,1-2H3. The Morgan fingerprint density at radius 1 is 1.08 bits per heavy atom. The van der Waals surface area contributed by atoms with E-state index in [0.717, 1.165) is 30.2 Å². The van der Waals surface area contributed by atoms with Crippen molar-refractivity contribution in [2.45, 2.75) is 65.2 Å². The summed E-state index contributed by atoms with van der Waals surface area (Å²) in [6.07, 6.45) is 14.4. The van der Waals surface area contributed by atoms with Crippen LogP contribution in [-0.2, 0) is 0 Å². The van der Waals surface area contributed by atoms with Crippen LogP contribution in [0, 0.1) is 17.7 Å². The van der Waals surface area contributed by atoms with Crippen molar-refractivity contribution < 1.29 is 9.13 Å². The highest BCUT2D eigenvalue weighted by atomic mass is 35.5. The van der Waals surface area contributed by atoms with Gasteiger partial charge in [0.05, 0.1) is 11.6 Å². The lowest BCUT2D eigenvalue weighted by atomic mass is 9.73. The molecular formula is C23H30ClFO. The van der Waals surface area contributed by atoms with E-state index in [1.807, 2.05) is 13.0 Å². The van der Waals surface area contributed by atoms with Crippen molar-refractivity contribution in [3.8, 4) is 5.75 Å². The normalized spacial score (nSPS) is 23.4. The van der Waals surface area contributed by atoms with Crippen molar-refractivity contribution in [2.75, 3.05) is 6.61 Å². The van der Waals surface area contributed by atoms with Gasteiger partial charge in [-0.15, -0.1) is 0 Å². The smallest absolute Gasteiger partial charge is 0.184 e. The summed E-state index contributed by atoms with van der Waals surface area (Å²) >= 11 is 6.29. The van der Waals surface area contributed by atoms with Gasteiger partial charge in [0.25, 0.3) is 0 Å². The predicted molar refractivity (Wildman–Crippen MR) is 108 cm³/mol. The van der Waals surface area contributed by atoms with E-state index in [1.165, 1.54) is 44.1 Å². The summed E-state index contributed by atoms with van der Waals surface area (Å²) in [4.78, 5) is 0. The summed E-state index contributed by atoms with van der Waals surface area (Å²) < 4.78 is 19.7. The second-order valence-electron chi connectivity index (χ2n) is 7.58. The highest BCUT2D eigenvalue weighted by molar-refractivity contribution is 6.32. The minimum absolute atomic E-state index is 0.199. The zero-order valence-electron chi connectivity index (χ0n) is 16.0. The van der Waals surface area contributed by atoms with Crippen LogP contribution in [0.5, 0.6) is 5.75 Å². The number of benzene rings is 1.